The van der Waals surface area contributed by atoms with Gasteiger partial charge in [-0.2, -0.15) is 5.10 Å². The maximum atomic E-state index is 12.5. The Kier molecular flexibility index (Phi) is 6.36. The number of H-pyrrole nitrogens is 1. The Hall–Kier alpha value is -1.66. The fourth-order valence-corrected chi connectivity index (χ4v) is 2.63. The number of carbonyl (C=O) groups is 1. The molecule has 0 bridgehead atoms. The molecule has 0 aliphatic carbocycles. The average Bonchev–Trinajstić information content (AvgIpc) is 2.89. The van der Waals surface area contributed by atoms with E-state index in [1.807, 2.05) is 33.8 Å². The SMILES string of the molecule is CCc1[nH]nc(C(=O)N[C@H]2COCC[C@H]2OCC=C(C)C)c1C. The highest BCUT2D eigenvalue weighted by Gasteiger charge is 2.29. The summed E-state index contributed by atoms with van der Waals surface area (Å²) in [6, 6.07) is -0.150. The zero-order chi connectivity index (χ0) is 16.8. The molecule has 128 valence electrons. The van der Waals surface area contributed by atoms with E-state index >= 15 is 0 Å². The normalized spacial score (nSPS) is 21.0. The number of aryl methyl sites for hydroxylation is 1. The van der Waals surface area contributed by atoms with Gasteiger partial charge in [-0.3, -0.25) is 9.89 Å². The van der Waals surface area contributed by atoms with Crippen molar-refractivity contribution in [3.63, 3.8) is 0 Å². The summed E-state index contributed by atoms with van der Waals surface area (Å²) in [7, 11) is 0. The molecule has 2 rings (SSSR count). The number of amides is 1. The van der Waals surface area contributed by atoms with Crippen LogP contribution in [0.15, 0.2) is 11.6 Å². The van der Waals surface area contributed by atoms with E-state index in [4.69, 9.17) is 9.47 Å². The van der Waals surface area contributed by atoms with Crippen molar-refractivity contribution in [2.75, 3.05) is 19.8 Å². The number of carbonyl (C=O) groups excluding carboxylic acids is 1. The third-order valence-corrected chi connectivity index (χ3v) is 4.09. The van der Waals surface area contributed by atoms with Gasteiger partial charge in [-0.05, 0) is 33.6 Å². The summed E-state index contributed by atoms with van der Waals surface area (Å²) in [6.45, 7) is 9.71. The summed E-state index contributed by atoms with van der Waals surface area (Å²) in [4.78, 5) is 12.5. The molecule has 6 heteroatoms. The zero-order valence-electron chi connectivity index (χ0n) is 14.4. The lowest BCUT2D eigenvalue weighted by molar-refractivity contribution is -0.0457. The molecule has 2 N–H and O–H groups in total. The number of hydrogen-bond donors (Lipinski definition) is 2. The molecule has 1 fully saturated rings. The number of hydrogen-bond acceptors (Lipinski definition) is 4. The van der Waals surface area contributed by atoms with Crippen LogP contribution in [-0.4, -0.2) is 48.1 Å². The third-order valence-electron chi connectivity index (χ3n) is 4.09. The lowest BCUT2D eigenvalue weighted by atomic mass is 10.1. The van der Waals surface area contributed by atoms with Gasteiger partial charge in [0.25, 0.3) is 5.91 Å². The number of aromatic amines is 1. The number of nitrogens with one attached hydrogen (secondary N) is 2. The molecule has 1 amide bonds. The quantitative estimate of drug-likeness (QED) is 0.787. The third kappa shape index (κ3) is 4.65. The molecule has 1 aliphatic heterocycles. The van der Waals surface area contributed by atoms with Gasteiger partial charge in [0.15, 0.2) is 5.69 Å². The van der Waals surface area contributed by atoms with Crippen molar-refractivity contribution in [2.24, 2.45) is 0 Å². The molecule has 1 aromatic rings. The fraction of sp³-hybridized carbons (Fsp3) is 0.647. The van der Waals surface area contributed by atoms with Gasteiger partial charge in [0.1, 0.15) is 0 Å². The number of aromatic nitrogens is 2. The highest BCUT2D eigenvalue weighted by atomic mass is 16.5. The van der Waals surface area contributed by atoms with Gasteiger partial charge in [0.05, 0.1) is 25.4 Å². The van der Waals surface area contributed by atoms with Crippen LogP contribution in [0.5, 0.6) is 0 Å². The van der Waals surface area contributed by atoms with Crippen LogP contribution >= 0.6 is 0 Å². The second-order valence-electron chi connectivity index (χ2n) is 6.13. The first-order valence-electron chi connectivity index (χ1n) is 8.20. The van der Waals surface area contributed by atoms with Crippen molar-refractivity contribution < 1.29 is 14.3 Å². The molecular formula is C17H27N3O3. The number of nitrogens with zero attached hydrogens (tertiary/aromatic N) is 1. The Balaban J connectivity index is 1.99. The van der Waals surface area contributed by atoms with Gasteiger partial charge in [-0.15, -0.1) is 0 Å². The molecule has 0 saturated carbocycles. The van der Waals surface area contributed by atoms with Crippen molar-refractivity contribution in [2.45, 2.75) is 52.7 Å². The van der Waals surface area contributed by atoms with Crippen LogP contribution < -0.4 is 5.32 Å². The van der Waals surface area contributed by atoms with E-state index in [-0.39, 0.29) is 18.1 Å². The second-order valence-corrected chi connectivity index (χ2v) is 6.13. The molecule has 1 saturated heterocycles. The van der Waals surface area contributed by atoms with E-state index in [2.05, 4.69) is 15.5 Å². The molecule has 0 aromatic carbocycles. The van der Waals surface area contributed by atoms with Crippen molar-refractivity contribution in [3.05, 3.63) is 28.6 Å². The van der Waals surface area contributed by atoms with Crippen molar-refractivity contribution in [3.8, 4) is 0 Å². The summed E-state index contributed by atoms with van der Waals surface area (Å²) in [5.74, 6) is -0.176. The topological polar surface area (TPSA) is 76.2 Å². The molecule has 1 aliphatic rings. The van der Waals surface area contributed by atoms with E-state index < -0.39 is 0 Å². The predicted octanol–water partition coefficient (Wildman–Crippen LogP) is 2.15. The molecular weight excluding hydrogens is 294 g/mol. The summed E-state index contributed by atoms with van der Waals surface area (Å²) >= 11 is 0. The van der Waals surface area contributed by atoms with Gasteiger partial charge in [0.2, 0.25) is 0 Å². The van der Waals surface area contributed by atoms with Crippen molar-refractivity contribution in [1.82, 2.24) is 15.5 Å². The minimum absolute atomic E-state index is 0.0341. The Morgan fingerprint density at radius 1 is 1.52 bits per heavy atom. The van der Waals surface area contributed by atoms with Crippen LogP contribution in [0.4, 0.5) is 0 Å². The van der Waals surface area contributed by atoms with Crippen LogP contribution in [0.2, 0.25) is 0 Å². The Bertz CT molecular complexity index is 561. The molecule has 2 atom stereocenters. The van der Waals surface area contributed by atoms with E-state index in [0.717, 1.165) is 24.1 Å². The van der Waals surface area contributed by atoms with Crippen molar-refractivity contribution in [1.29, 1.82) is 0 Å². The minimum atomic E-state index is -0.176. The molecule has 2 heterocycles. The largest absolute Gasteiger partial charge is 0.379 e. The van der Waals surface area contributed by atoms with Crippen LogP contribution in [0, 0.1) is 6.92 Å². The first-order chi connectivity index (χ1) is 11.0. The van der Waals surface area contributed by atoms with E-state index in [1.165, 1.54) is 5.57 Å². The summed E-state index contributed by atoms with van der Waals surface area (Å²) in [5, 5.41) is 10.1. The predicted molar refractivity (Wildman–Crippen MR) is 88.6 cm³/mol. The smallest absolute Gasteiger partial charge is 0.272 e. The maximum Gasteiger partial charge on any atom is 0.272 e. The average molecular weight is 321 g/mol. The zero-order valence-corrected chi connectivity index (χ0v) is 14.4. The lowest BCUT2D eigenvalue weighted by Crippen LogP contribution is -2.50. The molecule has 1 aromatic heterocycles. The minimum Gasteiger partial charge on any atom is -0.379 e. The standard InChI is InChI=1S/C17H27N3O3/c1-5-13-12(4)16(20-19-13)17(21)18-14-10-22-8-7-15(14)23-9-6-11(2)3/h6,14-15H,5,7-10H2,1-4H3,(H,18,21)(H,19,20)/t14-,15+/m0/s1. The van der Waals surface area contributed by atoms with Crippen LogP contribution in [0.25, 0.3) is 0 Å². The molecule has 0 radical (unpaired) electrons. The first-order valence-corrected chi connectivity index (χ1v) is 8.20. The van der Waals surface area contributed by atoms with Gasteiger partial charge >= 0.3 is 0 Å². The van der Waals surface area contributed by atoms with Gasteiger partial charge < -0.3 is 14.8 Å². The lowest BCUT2D eigenvalue weighted by Gasteiger charge is -2.31. The van der Waals surface area contributed by atoms with E-state index in [9.17, 15) is 4.79 Å². The Morgan fingerprint density at radius 3 is 2.96 bits per heavy atom. The Morgan fingerprint density at radius 2 is 2.30 bits per heavy atom. The first kappa shape index (κ1) is 17.7. The summed E-state index contributed by atoms with van der Waals surface area (Å²) < 4.78 is 11.4. The van der Waals surface area contributed by atoms with Gasteiger partial charge in [0, 0.05) is 17.9 Å². The monoisotopic (exact) mass is 321 g/mol. The number of allylic oxidation sites excluding steroid dienone is 1. The van der Waals surface area contributed by atoms with Crippen LogP contribution in [-0.2, 0) is 15.9 Å². The van der Waals surface area contributed by atoms with E-state index in [1.54, 1.807) is 0 Å². The number of ether oxygens (including phenoxy) is 2. The molecule has 6 nitrogen and oxygen atoms in total. The van der Waals surface area contributed by atoms with Crippen LogP contribution in [0.1, 0.15) is 48.9 Å². The summed E-state index contributed by atoms with van der Waals surface area (Å²) in [6.07, 6.45) is 3.61. The fourth-order valence-electron chi connectivity index (χ4n) is 2.63. The van der Waals surface area contributed by atoms with Gasteiger partial charge in [-0.1, -0.05) is 18.6 Å². The highest BCUT2D eigenvalue weighted by molar-refractivity contribution is 5.94. The summed E-state index contributed by atoms with van der Waals surface area (Å²) in [5.41, 5.74) is 3.57. The maximum absolute atomic E-state index is 12.5. The Labute approximate surface area is 137 Å². The van der Waals surface area contributed by atoms with E-state index in [0.29, 0.717) is 25.5 Å². The van der Waals surface area contributed by atoms with Crippen LogP contribution in [0.3, 0.4) is 0 Å². The van der Waals surface area contributed by atoms with Crippen molar-refractivity contribution >= 4 is 5.91 Å². The number of rotatable bonds is 6. The molecule has 0 unspecified atom stereocenters. The molecule has 0 spiro atoms. The molecule has 23 heavy (non-hydrogen) atoms. The highest BCUT2D eigenvalue weighted by Crippen LogP contribution is 2.15. The second kappa shape index (κ2) is 8.26. The van der Waals surface area contributed by atoms with Gasteiger partial charge in [-0.25, -0.2) is 0 Å².